The molecule has 102 valence electrons. The number of aryl methyl sites for hydroxylation is 1. The Morgan fingerprint density at radius 1 is 1.37 bits per heavy atom. The van der Waals surface area contributed by atoms with Crippen molar-refractivity contribution in [3.05, 3.63) is 18.0 Å². The Morgan fingerprint density at radius 3 is 2.63 bits per heavy atom. The first-order chi connectivity index (χ1) is 9.08. The van der Waals surface area contributed by atoms with E-state index in [2.05, 4.69) is 5.10 Å². The van der Waals surface area contributed by atoms with Gasteiger partial charge in [0.1, 0.15) is 5.69 Å². The molecule has 2 heterocycles. The van der Waals surface area contributed by atoms with Crippen LogP contribution in [-0.2, 0) is 11.8 Å². The van der Waals surface area contributed by atoms with E-state index in [4.69, 9.17) is 0 Å². The lowest BCUT2D eigenvalue weighted by Crippen LogP contribution is -2.31. The molecule has 1 aliphatic heterocycles. The molecule has 1 aromatic rings. The lowest BCUT2D eigenvalue weighted by atomic mass is 9.92. The Hall–Kier alpha value is -1.85. The molecule has 1 aromatic heterocycles. The molecule has 6 heteroatoms. The van der Waals surface area contributed by atoms with E-state index < -0.39 is 11.9 Å². The van der Waals surface area contributed by atoms with E-state index in [1.54, 1.807) is 24.2 Å². The maximum absolute atomic E-state index is 12.4. The van der Waals surface area contributed by atoms with Crippen molar-refractivity contribution in [2.24, 2.45) is 24.8 Å². The molecule has 0 spiro atoms. The summed E-state index contributed by atoms with van der Waals surface area (Å²) in [6.45, 7) is 0.881. The summed E-state index contributed by atoms with van der Waals surface area (Å²) in [5, 5.41) is 13.3. The third-order valence-corrected chi connectivity index (χ3v) is 4.24. The van der Waals surface area contributed by atoms with Crippen LogP contribution in [0.1, 0.15) is 23.3 Å². The Labute approximate surface area is 111 Å². The molecule has 1 amide bonds. The number of hydrogen-bond acceptors (Lipinski definition) is 3. The average Bonchev–Trinajstić information content (AvgIpc) is 2.97. The van der Waals surface area contributed by atoms with Gasteiger partial charge in [0.05, 0.1) is 5.92 Å². The minimum Gasteiger partial charge on any atom is -0.481 e. The van der Waals surface area contributed by atoms with E-state index in [0.29, 0.717) is 24.7 Å². The van der Waals surface area contributed by atoms with Gasteiger partial charge in [-0.1, -0.05) is 0 Å². The minimum atomic E-state index is -0.780. The number of aromatic nitrogens is 2. The molecule has 2 fully saturated rings. The van der Waals surface area contributed by atoms with E-state index in [0.717, 1.165) is 12.8 Å². The first-order valence-electron chi connectivity index (χ1n) is 6.58. The number of amides is 1. The highest BCUT2D eigenvalue weighted by molar-refractivity contribution is 5.93. The maximum Gasteiger partial charge on any atom is 0.308 e. The molecule has 0 aromatic carbocycles. The van der Waals surface area contributed by atoms with Crippen molar-refractivity contribution in [2.45, 2.75) is 12.8 Å². The molecule has 1 aliphatic carbocycles. The third-order valence-electron chi connectivity index (χ3n) is 4.24. The summed E-state index contributed by atoms with van der Waals surface area (Å²) in [5.74, 6) is -0.698. The van der Waals surface area contributed by atoms with Gasteiger partial charge >= 0.3 is 5.97 Å². The normalized spacial score (nSPS) is 26.7. The second-order valence-corrected chi connectivity index (χ2v) is 5.50. The molecule has 2 atom stereocenters. The molecule has 1 saturated carbocycles. The molecule has 1 N–H and O–H groups in total. The molecule has 0 unspecified atom stereocenters. The predicted molar refractivity (Wildman–Crippen MR) is 66.5 cm³/mol. The van der Waals surface area contributed by atoms with E-state index in [9.17, 15) is 14.7 Å². The zero-order chi connectivity index (χ0) is 13.6. The number of likely N-dealkylation sites (tertiary alicyclic amines) is 1. The van der Waals surface area contributed by atoms with Crippen molar-refractivity contribution in [1.82, 2.24) is 14.7 Å². The summed E-state index contributed by atoms with van der Waals surface area (Å²) in [5.41, 5.74) is 0.514. The lowest BCUT2D eigenvalue weighted by molar-refractivity contribution is -0.142. The van der Waals surface area contributed by atoms with Crippen molar-refractivity contribution >= 4 is 11.9 Å². The standard InChI is InChI=1S/C13H17N3O3/c1-15-11(4-5-14-15)12(17)16-6-9(8-2-3-8)10(7-16)13(18)19/h4-5,8-10H,2-3,6-7H2,1H3,(H,18,19)/t9-,10+/m1/s1. The highest BCUT2D eigenvalue weighted by Crippen LogP contribution is 2.44. The van der Waals surface area contributed by atoms with Gasteiger partial charge in [0.25, 0.3) is 5.91 Å². The molecule has 19 heavy (non-hydrogen) atoms. The summed E-state index contributed by atoms with van der Waals surface area (Å²) < 4.78 is 1.53. The summed E-state index contributed by atoms with van der Waals surface area (Å²) in [4.78, 5) is 25.3. The van der Waals surface area contributed by atoms with E-state index in [-0.39, 0.29) is 11.8 Å². The van der Waals surface area contributed by atoms with Crippen molar-refractivity contribution in [3.63, 3.8) is 0 Å². The van der Waals surface area contributed by atoms with Crippen molar-refractivity contribution in [1.29, 1.82) is 0 Å². The predicted octanol–water partition coefficient (Wildman–Crippen LogP) is 0.603. The molecule has 3 rings (SSSR count). The highest BCUT2D eigenvalue weighted by atomic mass is 16.4. The van der Waals surface area contributed by atoms with Crippen LogP contribution in [0.3, 0.4) is 0 Å². The quantitative estimate of drug-likeness (QED) is 0.866. The number of nitrogens with zero attached hydrogens (tertiary/aromatic N) is 3. The molecular formula is C13H17N3O3. The smallest absolute Gasteiger partial charge is 0.308 e. The van der Waals surface area contributed by atoms with Gasteiger partial charge in [-0.2, -0.15) is 5.10 Å². The maximum atomic E-state index is 12.4. The van der Waals surface area contributed by atoms with Crippen LogP contribution in [0.25, 0.3) is 0 Å². The monoisotopic (exact) mass is 263 g/mol. The zero-order valence-corrected chi connectivity index (χ0v) is 10.8. The number of carboxylic acid groups (broad SMARTS) is 1. The topological polar surface area (TPSA) is 75.4 Å². The number of carbonyl (C=O) groups excluding carboxylic acids is 1. The van der Waals surface area contributed by atoms with Gasteiger partial charge < -0.3 is 10.0 Å². The third kappa shape index (κ3) is 2.11. The van der Waals surface area contributed by atoms with Gasteiger partial charge in [-0.25, -0.2) is 0 Å². The van der Waals surface area contributed by atoms with Crippen LogP contribution in [0.15, 0.2) is 12.3 Å². The van der Waals surface area contributed by atoms with Crippen molar-refractivity contribution < 1.29 is 14.7 Å². The minimum absolute atomic E-state index is 0.116. The SMILES string of the molecule is Cn1nccc1C(=O)N1C[C@H](C(=O)O)[C@@H](C2CC2)C1. The van der Waals surface area contributed by atoms with E-state index in [1.807, 2.05) is 0 Å². The fraction of sp³-hybridized carbons (Fsp3) is 0.615. The summed E-state index contributed by atoms with van der Waals surface area (Å²) in [6, 6.07) is 1.67. The van der Waals surface area contributed by atoms with Gasteiger partial charge in [-0.3, -0.25) is 14.3 Å². The first kappa shape index (κ1) is 12.2. The number of carboxylic acids is 1. The highest BCUT2D eigenvalue weighted by Gasteiger charge is 2.47. The Balaban J connectivity index is 1.78. The van der Waals surface area contributed by atoms with Crippen molar-refractivity contribution in [3.8, 4) is 0 Å². The van der Waals surface area contributed by atoms with Gasteiger partial charge in [0.2, 0.25) is 0 Å². The van der Waals surface area contributed by atoms with Crippen molar-refractivity contribution in [2.75, 3.05) is 13.1 Å². The van der Waals surface area contributed by atoms with Crippen LogP contribution < -0.4 is 0 Å². The molecule has 0 radical (unpaired) electrons. The van der Waals surface area contributed by atoms with Gasteiger partial charge in [0.15, 0.2) is 0 Å². The van der Waals surface area contributed by atoms with Gasteiger partial charge in [-0.05, 0) is 30.7 Å². The van der Waals surface area contributed by atoms with E-state index in [1.165, 1.54) is 4.68 Å². The van der Waals surface area contributed by atoms with Crippen LogP contribution in [0, 0.1) is 17.8 Å². The Kier molecular flexibility index (Phi) is 2.80. The van der Waals surface area contributed by atoms with Gasteiger partial charge in [-0.15, -0.1) is 0 Å². The molecular weight excluding hydrogens is 246 g/mol. The number of hydrogen-bond donors (Lipinski definition) is 1. The van der Waals surface area contributed by atoms with Crippen LogP contribution in [0.5, 0.6) is 0 Å². The summed E-state index contributed by atoms with van der Waals surface area (Å²) in [6.07, 6.45) is 3.78. The fourth-order valence-electron chi connectivity index (χ4n) is 3.00. The van der Waals surface area contributed by atoms with Crippen LogP contribution >= 0.6 is 0 Å². The number of aliphatic carboxylic acids is 1. The van der Waals surface area contributed by atoms with Crippen LogP contribution in [0.2, 0.25) is 0 Å². The fourth-order valence-corrected chi connectivity index (χ4v) is 3.00. The van der Waals surface area contributed by atoms with Crippen LogP contribution in [-0.4, -0.2) is 44.8 Å². The first-order valence-corrected chi connectivity index (χ1v) is 6.58. The molecule has 1 saturated heterocycles. The largest absolute Gasteiger partial charge is 0.481 e. The summed E-state index contributed by atoms with van der Waals surface area (Å²) >= 11 is 0. The Morgan fingerprint density at radius 2 is 2.11 bits per heavy atom. The second kappa shape index (κ2) is 4.36. The number of rotatable bonds is 3. The second-order valence-electron chi connectivity index (χ2n) is 5.50. The summed E-state index contributed by atoms with van der Waals surface area (Å²) in [7, 11) is 1.72. The average molecular weight is 263 g/mol. The molecule has 0 bridgehead atoms. The van der Waals surface area contributed by atoms with Gasteiger partial charge in [0, 0.05) is 26.3 Å². The molecule has 6 nitrogen and oxygen atoms in total. The number of carbonyl (C=O) groups is 2. The van der Waals surface area contributed by atoms with Crippen LogP contribution in [0.4, 0.5) is 0 Å². The molecule has 2 aliphatic rings. The zero-order valence-electron chi connectivity index (χ0n) is 10.8. The Bertz CT molecular complexity index is 521. The lowest BCUT2D eigenvalue weighted by Gasteiger charge is -2.16. The van der Waals surface area contributed by atoms with E-state index >= 15 is 0 Å².